The highest BCUT2D eigenvalue weighted by Crippen LogP contribution is 2.45. The molecule has 0 aliphatic carbocycles. The Labute approximate surface area is 168 Å². The Bertz CT molecular complexity index is 583. The predicted octanol–water partition coefficient (Wildman–Crippen LogP) is 4.33. The molecule has 2 heterocycles. The minimum absolute atomic E-state index is 0.0369. The molecule has 0 aromatic rings. The zero-order valence-electron chi connectivity index (χ0n) is 17.6. The van der Waals surface area contributed by atoms with Crippen LogP contribution in [0.25, 0.3) is 0 Å². The van der Waals surface area contributed by atoms with E-state index in [1.807, 2.05) is 13.8 Å². The van der Waals surface area contributed by atoms with Gasteiger partial charge in [-0.05, 0) is 38.9 Å². The normalized spacial score (nSPS) is 31.1. The van der Waals surface area contributed by atoms with Crippen molar-refractivity contribution < 1.29 is 28.2 Å². The van der Waals surface area contributed by atoms with Crippen LogP contribution in [0.2, 0.25) is 18.1 Å². The second-order valence-electron chi connectivity index (χ2n) is 9.03. The van der Waals surface area contributed by atoms with Crippen LogP contribution in [-0.2, 0) is 28.2 Å². The van der Waals surface area contributed by atoms with Crippen LogP contribution in [0.4, 0.5) is 0 Å². The Balaban J connectivity index is 2.19. The van der Waals surface area contributed by atoms with Crippen molar-refractivity contribution in [1.82, 2.24) is 0 Å². The maximum absolute atomic E-state index is 11.7. The fraction of sp³-hybridized carbons (Fsp3) is 0.842. The van der Waals surface area contributed by atoms with Gasteiger partial charge in [0.1, 0.15) is 12.2 Å². The first-order valence-corrected chi connectivity index (χ1v) is 12.8. The van der Waals surface area contributed by atoms with Crippen LogP contribution in [0.5, 0.6) is 0 Å². The van der Waals surface area contributed by atoms with Crippen LogP contribution in [0.3, 0.4) is 0 Å². The van der Waals surface area contributed by atoms with Crippen LogP contribution in [0, 0.1) is 0 Å². The highest BCUT2D eigenvalue weighted by atomic mass is 35.5. The number of hydrogen-bond donors (Lipinski definition) is 0. The molecule has 2 aliphatic rings. The summed E-state index contributed by atoms with van der Waals surface area (Å²) in [6.45, 7) is 16.7. The lowest BCUT2D eigenvalue weighted by Crippen LogP contribution is -2.49. The van der Waals surface area contributed by atoms with Crippen molar-refractivity contribution in [2.75, 3.05) is 6.61 Å². The quantitative estimate of drug-likeness (QED) is 0.362. The Hall–Kier alpha value is -0.443. The molecule has 2 rings (SSSR count). The van der Waals surface area contributed by atoms with E-state index in [1.54, 1.807) is 6.92 Å². The number of hydrogen-bond acceptors (Lipinski definition) is 6. The molecule has 2 fully saturated rings. The molecule has 0 N–H and O–H groups in total. The Morgan fingerprint density at radius 2 is 1.89 bits per heavy atom. The zero-order chi connectivity index (χ0) is 20.6. The van der Waals surface area contributed by atoms with Crippen molar-refractivity contribution in [3.63, 3.8) is 0 Å². The molecule has 156 valence electrons. The number of ether oxygens (including phenoxy) is 4. The van der Waals surface area contributed by atoms with Gasteiger partial charge < -0.3 is 23.4 Å². The van der Waals surface area contributed by atoms with Gasteiger partial charge in [-0.1, -0.05) is 32.4 Å². The van der Waals surface area contributed by atoms with Gasteiger partial charge in [0.2, 0.25) is 0 Å². The van der Waals surface area contributed by atoms with Crippen molar-refractivity contribution in [3.05, 3.63) is 11.1 Å². The van der Waals surface area contributed by atoms with Crippen LogP contribution in [-0.4, -0.2) is 51.3 Å². The molecule has 0 radical (unpaired) electrons. The number of carbonyl (C=O) groups excluding carboxylic acids is 1. The predicted molar refractivity (Wildman–Crippen MR) is 106 cm³/mol. The van der Waals surface area contributed by atoms with Gasteiger partial charge in [-0.3, -0.25) is 0 Å². The molecule has 2 aliphatic heterocycles. The summed E-state index contributed by atoms with van der Waals surface area (Å²) >= 11 is 6.29. The highest BCUT2D eigenvalue weighted by molar-refractivity contribution is 6.74. The van der Waals surface area contributed by atoms with Crippen LogP contribution >= 0.6 is 11.6 Å². The molecule has 27 heavy (non-hydrogen) atoms. The van der Waals surface area contributed by atoms with Gasteiger partial charge in [0.15, 0.2) is 20.4 Å². The molecule has 8 heteroatoms. The van der Waals surface area contributed by atoms with Crippen LogP contribution < -0.4 is 0 Å². The Morgan fingerprint density at radius 1 is 1.26 bits per heavy atom. The minimum atomic E-state index is -2.08. The third kappa shape index (κ3) is 5.55. The molecule has 0 spiro atoms. The summed E-state index contributed by atoms with van der Waals surface area (Å²) in [5, 5.41) is 0.399. The zero-order valence-corrected chi connectivity index (χ0v) is 19.4. The number of halogens is 1. The summed E-state index contributed by atoms with van der Waals surface area (Å²) in [6, 6.07) is 0. The van der Waals surface area contributed by atoms with Gasteiger partial charge in [-0.25, -0.2) is 4.79 Å². The number of rotatable bonds is 6. The maximum Gasteiger partial charge on any atom is 0.331 e. The lowest BCUT2D eigenvalue weighted by Gasteiger charge is -2.40. The molecule has 4 atom stereocenters. The SMILES string of the molecule is CCOC(=O)/C=C(\Cl)C[C@H]1O[C@@H]2OC(C)(C)O[C@@H]2[C@@H]1O[Si](C)(C)C(C)(C)C. The summed E-state index contributed by atoms with van der Waals surface area (Å²) in [4.78, 5) is 11.7. The molecule has 2 saturated heterocycles. The maximum atomic E-state index is 11.7. The lowest BCUT2D eigenvalue weighted by atomic mass is 10.1. The second-order valence-corrected chi connectivity index (χ2v) is 14.3. The fourth-order valence-electron chi connectivity index (χ4n) is 2.93. The van der Waals surface area contributed by atoms with Crippen LogP contribution in [0.15, 0.2) is 11.1 Å². The summed E-state index contributed by atoms with van der Waals surface area (Å²) in [6.07, 6.45) is 0.112. The monoisotopic (exact) mass is 420 g/mol. The van der Waals surface area contributed by atoms with Crippen molar-refractivity contribution in [2.45, 2.75) is 96.5 Å². The summed E-state index contributed by atoms with van der Waals surface area (Å²) in [7, 11) is -2.08. The van der Waals surface area contributed by atoms with Gasteiger partial charge in [0.05, 0.1) is 12.7 Å². The molecular weight excluding hydrogens is 388 g/mol. The number of fused-ring (bicyclic) bond motifs is 1. The molecule has 0 aromatic carbocycles. The van der Waals surface area contributed by atoms with Gasteiger partial charge in [0.25, 0.3) is 0 Å². The first kappa shape index (κ1) is 22.8. The number of carbonyl (C=O) groups is 1. The third-order valence-corrected chi connectivity index (χ3v) is 10.0. The van der Waals surface area contributed by atoms with E-state index in [0.29, 0.717) is 18.1 Å². The van der Waals surface area contributed by atoms with Gasteiger partial charge >= 0.3 is 5.97 Å². The molecule has 0 aromatic heterocycles. The minimum Gasteiger partial charge on any atom is -0.463 e. The van der Waals surface area contributed by atoms with E-state index in [4.69, 9.17) is 35.0 Å². The molecular formula is C19H33ClO6Si. The van der Waals surface area contributed by atoms with E-state index in [0.717, 1.165) is 0 Å². The summed E-state index contributed by atoms with van der Waals surface area (Å²) in [5.41, 5.74) is 0. The topological polar surface area (TPSA) is 63.2 Å². The largest absolute Gasteiger partial charge is 0.463 e. The first-order chi connectivity index (χ1) is 12.3. The van der Waals surface area contributed by atoms with E-state index in [1.165, 1.54) is 6.08 Å². The molecule has 0 bridgehead atoms. The van der Waals surface area contributed by atoms with E-state index in [-0.39, 0.29) is 23.4 Å². The summed E-state index contributed by atoms with van der Waals surface area (Å²) in [5.74, 6) is -1.18. The fourth-order valence-corrected chi connectivity index (χ4v) is 4.49. The van der Waals surface area contributed by atoms with Crippen molar-refractivity contribution in [2.24, 2.45) is 0 Å². The van der Waals surface area contributed by atoms with Crippen LogP contribution in [0.1, 0.15) is 48.0 Å². The average Bonchev–Trinajstić information content (AvgIpc) is 2.91. The first-order valence-electron chi connectivity index (χ1n) is 9.47. The van der Waals surface area contributed by atoms with Crippen molar-refractivity contribution in [3.8, 4) is 0 Å². The highest BCUT2D eigenvalue weighted by Gasteiger charge is 2.57. The third-order valence-electron chi connectivity index (χ3n) is 5.28. The second kappa shape index (κ2) is 8.12. The number of esters is 1. The molecule has 0 amide bonds. The Kier molecular flexibility index (Phi) is 6.87. The molecule has 0 saturated carbocycles. The van der Waals surface area contributed by atoms with E-state index >= 15 is 0 Å². The lowest BCUT2D eigenvalue weighted by molar-refractivity contribution is -0.213. The smallest absolute Gasteiger partial charge is 0.331 e. The van der Waals surface area contributed by atoms with E-state index < -0.39 is 26.4 Å². The standard InChI is InChI=1S/C19H33ClO6Si/c1-9-22-14(21)11-12(20)10-13-15(26-27(7,8)18(2,3)4)16-17(23-13)25-19(5,6)24-16/h11,13,15-17H,9-10H2,1-8H3/b12-11-/t13-,15-,16-,17-/m1/s1. The average molecular weight is 421 g/mol. The molecule has 0 unspecified atom stereocenters. The van der Waals surface area contributed by atoms with Crippen molar-refractivity contribution >= 4 is 25.9 Å². The van der Waals surface area contributed by atoms with Gasteiger partial charge in [-0.15, -0.1) is 0 Å². The van der Waals surface area contributed by atoms with E-state index in [2.05, 4.69) is 33.9 Å². The Morgan fingerprint density at radius 3 is 2.44 bits per heavy atom. The molecule has 6 nitrogen and oxygen atoms in total. The van der Waals surface area contributed by atoms with Gasteiger partial charge in [0, 0.05) is 17.5 Å². The van der Waals surface area contributed by atoms with Gasteiger partial charge in [-0.2, -0.15) is 0 Å². The summed E-state index contributed by atoms with van der Waals surface area (Å²) < 4.78 is 29.6. The van der Waals surface area contributed by atoms with Crippen molar-refractivity contribution in [1.29, 1.82) is 0 Å². The van der Waals surface area contributed by atoms with E-state index in [9.17, 15) is 4.79 Å².